The molecule has 84 valence electrons. The Morgan fingerprint density at radius 2 is 2.31 bits per heavy atom. The second kappa shape index (κ2) is 4.80. The summed E-state index contributed by atoms with van der Waals surface area (Å²) in [5.41, 5.74) is 0.542. The number of furan rings is 1. The molecule has 2 aromatic rings. The van der Waals surface area contributed by atoms with Crippen LogP contribution in [0.3, 0.4) is 0 Å². The summed E-state index contributed by atoms with van der Waals surface area (Å²) in [6, 6.07) is 7.06. The Morgan fingerprint density at radius 1 is 1.50 bits per heavy atom. The minimum Gasteiger partial charge on any atom is -0.449 e. The number of nitrogens with one attached hydrogen (secondary N) is 1. The first kappa shape index (κ1) is 11.4. The van der Waals surface area contributed by atoms with Gasteiger partial charge in [-0.3, -0.25) is 4.79 Å². The van der Waals surface area contributed by atoms with Crippen LogP contribution in [0.5, 0.6) is 0 Å². The van der Waals surface area contributed by atoms with Gasteiger partial charge in [-0.1, -0.05) is 23.7 Å². The maximum atomic E-state index is 11.6. The van der Waals surface area contributed by atoms with Crippen LogP contribution >= 0.6 is 24.2 Å². The summed E-state index contributed by atoms with van der Waals surface area (Å²) in [4.78, 5) is 11.6. The molecule has 0 aliphatic carbocycles. The number of amides is 1. The normalized spacial score (nSPS) is 10.6. The Morgan fingerprint density at radius 3 is 3.00 bits per heavy atom. The van der Waals surface area contributed by atoms with Gasteiger partial charge >= 0.3 is 0 Å². The van der Waals surface area contributed by atoms with Crippen LogP contribution in [0.25, 0.3) is 11.0 Å². The van der Waals surface area contributed by atoms with Gasteiger partial charge in [-0.25, -0.2) is 0 Å². The highest BCUT2D eigenvalue weighted by Gasteiger charge is 2.12. The predicted molar refractivity (Wildman–Crippen MR) is 67.4 cm³/mol. The molecule has 0 bridgehead atoms. The van der Waals surface area contributed by atoms with E-state index in [2.05, 4.69) is 17.9 Å². The van der Waals surface area contributed by atoms with E-state index in [4.69, 9.17) is 16.0 Å². The monoisotopic (exact) mass is 255 g/mol. The van der Waals surface area contributed by atoms with Crippen LogP contribution in [0.4, 0.5) is 0 Å². The fourth-order valence-corrected chi connectivity index (χ4v) is 1.73. The van der Waals surface area contributed by atoms with Crippen molar-refractivity contribution in [3.05, 3.63) is 35.0 Å². The van der Waals surface area contributed by atoms with Crippen molar-refractivity contribution >= 4 is 41.1 Å². The molecular weight excluding hydrogens is 246 g/mol. The van der Waals surface area contributed by atoms with E-state index < -0.39 is 0 Å². The molecule has 0 fully saturated rings. The lowest BCUT2D eigenvalue weighted by molar-refractivity contribution is 0.0931. The largest absolute Gasteiger partial charge is 0.449 e. The van der Waals surface area contributed by atoms with E-state index in [-0.39, 0.29) is 11.7 Å². The number of hydrogen-bond donors (Lipinski definition) is 2. The van der Waals surface area contributed by atoms with Crippen molar-refractivity contribution in [3.63, 3.8) is 0 Å². The molecule has 0 spiro atoms. The number of carbonyl (C=O) groups is 1. The molecule has 0 unspecified atom stereocenters. The third-order valence-electron chi connectivity index (χ3n) is 2.12. The third kappa shape index (κ3) is 2.18. The topological polar surface area (TPSA) is 42.2 Å². The van der Waals surface area contributed by atoms with Gasteiger partial charge in [0.25, 0.3) is 5.91 Å². The number of benzene rings is 1. The highest BCUT2D eigenvalue weighted by Crippen LogP contribution is 2.26. The lowest BCUT2D eigenvalue weighted by atomic mass is 10.2. The van der Waals surface area contributed by atoms with Gasteiger partial charge in [-0.05, 0) is 12.1 Å². The Labute approximate surface area is 103 Å². The van der Waals surface area contributed by atoms with Crippen LogP contribution in [0.15, 0.2) is 28.7 Å². The molecule has 1 N–H and O–H groups in total. The van der Waals surface area contributed by atoms with Crippen LogP contribution in [-0.2, 0) is 0 Å². The van der Waals surface area contributed by atoms with Crippen molar-refractivity contribution in [1.82, 2.24) is 5.32 Å². The van der Waals surface area contributed by atoms with Crippen molar-refractivity contribution < 1.29 is 9.21 Å². The third-order valence-corrected chi connectivity index (χ3v) is 2.64. The lowest BCUT2D eigenvalue weighted by Gasteiger charge is -1.98. The minimum absolute atomic E-state index is 0.249. The maximum Gasteiger partial charge on any atom is 0.287 e. The van der Waals surface area contributed by atoms with Crippen molar-refractivity contribution in [2.75, 3.05) is 12.3 Å². The molecule has 1 aromatic carbocycles. The van der Waals surface area contributed by atoms with Gasteiger partial charge in [0.1, 0.15) is 0 Å². The van der Waals surface area contributed by atoms with E-state index in [0.717, 1.165) is 5.39 Å². The highest BCUT2D eigenvalue weighted by atomic mass is 35.5. The molecule has 0 atom stereocenters. The minimum atomic E-state index is -0.249. The number of thiol groups is 1. The Bertz CT molecular complexity index is 524. The van der Waals surface area contributed by atoms with E-state index in [1.807, 2.05) is 12.1 Å². The van der Waals surface area contributed by atoms with E-state index >= 15 is 0 Å². The van der Waals surface area contributed by atoms with Gasteiger partial charge in [-0.15, -0.1) is 0 Å². The zero-order valence-corrected chi connectivity index (χ0v) is 10.0. The maximum absolute atomic E-state index is 11.6. The number of para-hydroxylation sites is 1. The SMILES string of the molecule is O=C(NCCS)c1cc2cccc(Cl)c2o1. The molecule has 16 heavy (non-hydrogen) atoms. The summed E-state index contributed by atoms with van der Waals surface area (Å²) < 4.78 is 5.39. The van der Waals surface area contributed by atoms with Gasteiger partial charge in [0.2, 0.25) is 0 Å². The average molecular weight is 256 g/mol. The summed E-state index contributed by atoms with van der Waals surface area (Å²) in [7, 11) is 0. The zero-order valence-electron chi connectivity index (χ0n) is 8.37. The van der Waals surface area contributed by atoms with E-state index in [1.165, 1.54) is 0 Å². The summed E-state index contributed by atoms with van der Waals surface area (Å²) in [6.07, 6.45) is 0. The van der Waals surface area contributed by atoms with E-state index in [9.17, 15) is 4.79 Å². The van der Waals surface area contributed by atoms with Gasteiger partial charge in [0.15, 0.2) is 11.3 Å². The van der Waals surface area contributed by atoms with Gasteiger partial charge in [0, 0.05) is 17.7 Å². The molecule has 1 heterocycles. The molecule has 2 rings (SSSR count). The molecule has 1 aromatic heterocycles. The van der Waals surface area contributed by atoms with Crippen LogP contribution < -0.4 is 5.32 Å². The summed E-state index contributed by atoms with van der Waals surface area (Å²) in [6.45, 7) is 0.507. The van der Waals surface area contributed by atoms with Crippen LogP contribution in [-0.4, -0.2) is 18.2 Å². The molecule has 0 saturated heterocycles. The van der Waals surface area contributed by atoms with Crippen molar-refractivity contribution in [1.29, 1.82) is 0 Å². The summed E-state index contributed by atoms with van der Waals surface area (Å²) in [5.74, 6) is 0.610. The molecule has 1 amide bonds. The summed E-state index contributed by atoms with van der Waals surface area (Å²) >= 11 is 9.95. The van der Waals surface area contributed by atoms with Crippen LogP contribution in [0, 0.1) is 0 Å². The van der Waals surface area contributed by atoms with Crippen molar-refractivity contribution in [3.8, 4) is 0 Å². The molecule has 3 nitrogen and oxygen atoms in total. The Hall–Kier alpha value is -1.13. The van der Waals surface area contributed by atoms with Gasteiger partial charge in [0.05, 0.1) is 5.02 Å². The molecule has 5 heteroatoms. The Kier molecular flexibility index (Phi) is 3.41. The molecule has 0 radical (unpaired) electrons. The first-order valence-corrected chi connectivity index (χ1v) is 5.80. The number of fused-ring (bicyclic) bond motifs is 1. The second-order valence-electron chi connectivity index (χ2n) is 3.25. The fourth-order valence-electron chi connectivity index (χ4n) is 1.40. The molecule has 0 aliphatic heterocycles. The molecule has 0 saturated carbocycles. The number of hydrogen-bond acceptors (Lipinski definition) is 3. The van der Waals surface area contributed by atoms with Gasteiger partial charge in [-0.2, -0.15) is 12.6 Å². The quantitative estimate of drug-likeness (QED) is 0.829. The first-order valence-electron chi connectivity index (χ1n) is 4.79. The predicted octanol–water partition coefficient (Wildman–Crippen LogP) is 2.75. The zero-order chi connectivity index (χ0) is 11.5. The average Bonchev–Trinajstić information content (AvgIpc) is 2.71. The van der Waals surface area contributed by atoms with E-state index in [1.54, 1.807) is 12.1 Å². The Balaban J connectivity index is 2.32. The standard InChI is InChI=1S/C11H10ClNO2S/c12-8-3-1-2-7-6-9(15-10(7)8)11(14)13-4-5-16/h1-3,6,16H,4-5H2,(H,13,14). The number of halogens is 1. The summed E-state index contributed by atoms with van der Waals surface area (Å²) in [5, 5.41) is 4.00. The van der Waals surface area contributed by atoms with Crippen LogP contribution in [0.1, 0.15) is 10.6 Å². The number of rotatable bonds is 3. The molecule has 0 aliphatic rings. The van der Waals surface area contributed by atoms with Gasteiger partial charge < -0.3 is 9.73 Å². The fraction of sp³-hybridized carbons (Fsp3) is 0.182. The number of carbonyl (C=O) groups excluding carboxylic acids is 1. The lowest BCUT2D eigenvalue weighted by Crippen LogP contribution is -2.24. The van der Waals surface area contributed by atoms with Crippen LogP contribution in [0.2, 0.25) is 5.02 Å². The van der Waals surface area contributed by atoms with Crippen molar-refractivity contribution in [2.24, 2.45) is 0 Å². The van der Waals surface area contributed by atoms with Crippen molar-refractivity contribution in [2.45, 2.75) is 0 Å². The smallest absolute Gasteiger partial charge is 0.287 e. The highest BCUT2D eigenvalue weighted by molar-refractivity contribution is 7.80. The first-order chi connectivity index (χ1) is 7.72. The van der Waals surface area contributed by atoms with E-state index in [0.29, 0.717) is 22.9 Å². The second-order valence-corrected chi connectivity index (χ2v) is 4.10. The molecular formula is C11H10ClNO2S.